The van der Waals surface area contributed by atoms with E-state index in [2.05, 4.69) is 15.6 Å². The number of benzene rings is 2. The summed E-state index contributed by atoms with van der Waals surface area (Å²) in [6, 6.07) is 15.2. The Morgan fingerprint density at radius 1 is 1.03 bits per heavy atom. The maximum Gasteiger partial charge on any atom is 0.221 e. The summed E-state index contributed by atoms with van der Waals surface area (Å²) in [6.45, 7) is 2.31. The Kier molecular flexibility index (Phi) is 6.69. The minimum absolute atomic E-state index is 0.0183. The highest BCUT2D eigenvalue weighted by molar-refractivity contribution is 5.89. The van der Waals surface area contributed by atoms with Gasteiger partial charge in [-0.25, -0.2) is 9.37 Å². The van der Waals surface area contributed by atoms with Crippen molar-refractivity contribution in [3.63, 3.8) is 0 Å². The average molecular weight is 434 g/mol. The highest BCUT2D eigenvalue weighted by Gasteiger charge is 2.15. The number of carbonyl (C=O) groups excluding carboxylic acids is 1. The topological polar surface area (TPSA) is 74.2 Å². The molecule has 4 rings (SSSR count). The van der Waals surface area contributed by atoms with Crippen molar-refractivity contribution in [2.75, 3.05) is 17.2 Å². The van der Waals surface area contributed by atoms with E-state index in [1.54, 1.807) is 0 Å². The number of phenolic OH excluding ortho intramolecular Hbond substituents is 1. The number of hydrogen-bond donors (Lipinski definition) is 3. The molecule has 0 atom stereocenters. The van der Waals surface area contributed by atoms with Crippen molar-refractivity contribution in [3.05, 3.63) is 60.4 Å². The standard InChI is InChI=1S/C26H28FN3O2/c1-17(31)29-22-10-7-19(8-11-22)20-13-24(23-15-21(27)9-12-25(23)32)30-26(14-20)28-16-18-5-3-2-4-6-18/h7-15,18,32H,2-6,16H2,1H3,(H,28,30)(H,29,31). The molecule has 0 unspecified atom stereocenters. The van der Waals surface area contributed by atoms with Crippen LogP contribution in [0.15, 0.2) is 54.6 Å². The van der Waals surface area contributed by atoms with Gasteiger partial charge in [0.25, 0.3) is 0 Å². The molecular weight excluding hydrogens is 405 g/mol. The van der Waals surface area contributed by atoms with Gasteiger partial charge in [-0.1, -0.05) is 31.4 Å². The van der Waals surface area contributed by atoms with E-state index in [1.165, 1.54) is 57.2 Å². The molecule has 2 aromatic carbocycles. The first-order valence-electron chi connectivity index (χ1n) is 11.1. The van der Waals surface area contributed by atoms with Crippen molar-refractivity contribution >= 4 is 17.4 Å². The first kappa shape index (κ1) is 21.8. The van der Waals surface area contributed by atoms with Crippen LogP contribution < -0.4 is 10.6 Å². The Labute approximate surface area is 187 Å². The summed E-state index contributed by atoms with van der Waals surface area (Å²) in [6.07, 6.45) is 6.27. The average Bonchev–Trinajstić information content (AvgIpc) is 2.80. The number of anilines is 2. The Morgan fingerprint density at radius 3 is 2.50 bits per heavy atom. The van der Waals surface area contributed by atoms with Gasteiger partial charge in [-0.3, -0.25) is 4.79 Å². The Bertz CT molecular complexity index is 1090. The Balaban J connectivity index is 1.68. The molecule has 1 heterocycles. The van der Waals surface area contributed by atoms with Crippen LogP contribution in [0.2, 0.25) is 0 Å². The third kappa shape index (κ3) is 5.44. The van der Waals surface area contributed by atoms with Crippen molar-refractivity contribution in [1.82, 2.24) is 4.98 Å². The van der Waals surface area contributed by atoms with Gasteiger partial charge in [0.1, 0.15) is 17.4 Å². The summed E-state index contributed by atoms with van der Waals surface area (Å²) in [7, 11) is 0. The van der Waals surface area contributed by atoms with E-state index in [9.17, 15) is 14.3 Å². The summed E-state index contributed by atoms with van der Waals surface area (Å²) in [5, 5.41) is 16.6. The van der Waals surface area contributed by atoms with Gasteiger partial charge >= 0.3 is 0 Å². The molecule has 1 saturated carbocycles. The number of pyridine rings is 1. The number of aromatic nitrogens is 1. The van der Waals surface area contributed by atoms with Crippen LogP contribution >= 0.6 is 0 Å². The van der Waals surface area contributed by atoms with E-state index in [0.717, 1.165) is 17.7 Å². The van der Waals surface area contributed by atoms with Crippen LogP contribution in [-0.4, -0.2) is 22.5 Å². The first-order valence-corrected chi connectivity index (χ1v) is 11.1. The Morgan fingerprint density at radius 2 is 1.78 bits per heavy atom. The molecule has 32 heavy (non-hydrogen) atoms. The molecule has 1 aliphatic rings. The summed E-state index contributed by atoms with van der Waals surface area (Å²) in [5.41, 5.74) is 3.38. The zero-order valence-corrected chi connectivity index (χ0v) is 18.2. The predicted molar refractivity (Wildman–Crippen MR) is 126 cm³/mol. The molecule has 1 amide bonds. The number of carbonyl (C=O) groups is 1. The van der Waals surface area contributed by atoms with E-state index < -0.39 is 5.82 Å². The normalized spacial score (nSPS) is 14.2. The quantitative estimate of drug-likeness (QED) is 0.432. The SMILES string of the molecule is CC(=O)Nc1ccc(-c2cc(NCC3CCCCC3)nc(-c3cc(F)ccc3O)c2)cc1. The molecule has 0 radical (unpaired) electrons. The van der Waals surface area contributed by atoms with Gasteiger partial charge in [0, 0.05) is 24.7 Å². The summed E-state index contributed by atoms with van der Waals surface area (Å²) in [5.74, 6) is 0.742. The van der Waals surface area contributed by atoms with Crippen molar-refractivity contribution in [3.8, 4) is 28.1 Å². The zero-order valence-electron chi connectivity index (χ0n) is 18.2. The third-order valence-corrected chi connectivity index (χ3v) is 5.90. The number of amides is 1. The van der Waals surface area contributed by atoms with E-state index in [4.69, 9.17) is 0 Å². The van der Waals surface area contributed by atoms with Crippen LogP contribution in [0.3, 0.4) is 0 Å². The molecular formula is C26H28FN3O2. The lowest BCUT2D eigenvalue weighted by molar-refractivity contribution is -0.114. The monoisotopic (exact) mass is 433 g/mol. The maximum atomic E-state index is 13.9. The molecule has 0 bridgehead atoms. The third-order valence-electron chi connectivity index (χ3n) is 5.90. The minimum atomic E-state index is -0.429. The smallest absolute Gasteiger partial charge is 0.221 e. The molecule has 0 aliphatic heterocycles. The van der Waals surface area contributed by atoms with Crippen LogP contribution in [0.4, 0.5) is 15.9 Å². The summed E-state index contributed by atoms with van der Waals surface area (Å²) in [4.78, 5) is 16.0. The van der Waals surface area contributed by atoms with Crippen LogP contribution in [0.5, 0.6) is 5.75 Å². The number of hydrogen-bond acceptors (Lipinski definition) is 4. The van der Waals surface area contributed by atoms with Crippen LogP contribution in [0, 0.1) is 11.7 Å². The molecule has 1 aliphatic carbocycles. The molecule has 166 valence electrons. The van der Waals surface area contributed by atoms with Gasteiger partial charge < -0.3 is 15.7 Å². The van der Waals surface area contributed by atoms with Gasteiger partial charge in [0.2, 0.25) is 5.91 Å². The van der Waals surface area contributed by atoms with Crippen molar-refractivity contribution < 1.29 is 14.3 Å². The van der Waals surface area contributed by atoms with Gasteiger partial charge in [-0.2, -0.15) is 0 Å². The second-order valence-corrected chi connectivity index (χ2v) is 8.43. The van der Waals surface area contributed by atoms with Crippen molar-refractivity contribution in [2.45, 2.75) is 39.0 Å². The first-order chi connectivity index (χ1) is 15.5. The highest BCUT2D eigenvalue weighted by Crippen LogP contribution is 2.34. The van der Waals surface area contributed by atoms with E-state index >= 15 is 0 Å². The number of nitrogens with one attached hydrogen (secondary N) is 2. The fraction of sp³-hybridized carbons (Fsp3) is 0.308. The molecule has 3 N–H and O–H groups in total. The van der Waals surface area contributed by atoms with E-state index in [-0.39, 0.29) is 11.7 Å². The lowest BCUT2D eigenvalue weighted by Crippen LogP contribution is -2.17. The lowest BCUT2D eigenvalue weighted by atomic mass is 9.89. The molecule has 6 heteroatoms. The summed E-state index contributed by atoms with van der Waals surface area (Å²) < 4.78 is 13.9. The lowest BCUT2D eigenvalue weighted by Gasteiger charge is -2.22. The number of aromatic hydroxyl groups is 1. The van der Waals surface area contributed by atoms with Gasteiger partial charge in [0.05, 0.1) is 5.69 Å². The van der Waals surface area contributed by atoms with Gasteiger partial charge in [-0.15, -0.1) is 0 Å². The van der Waals surface area contributed by atoms with Crippen molar-refractivity contribution in [2.24, 2.45) is 5.92 Å². The zero-order chi connectivity index (χ0) is 22.5. The largest absolute Gasteiger partial charge is 0.507 e. The molecule has 5 nitrogen and oxygen atoms in total. The predicted octanol–water partition coefficient (Wildman–Crippen LogP) is 6.21. The second-order valence-electron chi connectivity index (χ2n) is 8.43. The van der Waals surface area contributed by atoms with Crippen molar-refractivity contribution in [1.29, 1.82) is 0 Å². The fourth-order valence-electron chi connectivity index (χ4n) is 4.23. The van der Waals surface area contributed by atoms with Gasteiger partial charge in [-0.05, 0) is 72.4 Å². The number of halogens is 1. The van der Waals surface area contributed by atoms with Crippen LogP contribution in [-0.2, 0) is 4.79 Å². The molecule has 0 saturated heterocycles. The maximum absolute atomic E-state index is 13.9. The second kappa shape index (κ2) is 9.81. The fourth-order valence-corrected chi connectivity index (χ4v) is 4.23. The van der Waals surface area contributed by atoms with E-state index in [1.807, 2.05) is 36.4 Å². The Hall–Kier alpha value is -3.41. The molecule has 1 aromatic heterocycles. The van der Waals surface area contributed by atoms with Crippen LogP contribution in [0.25, 0.3) is 22.4 Å². The molecule has 0 spiro atoms. The van der Waals surface area contributed by atoms with Gasteiger partial charge in [0.15, 0.2) is 0 Å². The van der Waals surface area contributed by atoms with E-state index in [0.29, 0.717) is 28.7 Å². The highest BCUT2D eigenvalue weighted by atomic mass is 19.1. The molecule has 3 aromatic rings. The minimum Gasteiger partial charge on any atom is -0.507 e. The number of phenols is 1. The van der Waals surface area contributed by atoms with Crippen LogP contribution in [0.1, 0.15) is 39.0 Å². The number of rotatable bonds is 6. The number of nitrogens with zero attached hydrogens (tertiary/aromatic N) is 1. The molecule has 1 fully saturated rings. The summed E-state index contributed by atoms with van der Waals surface area (Å²) >= 11 is 0.